The molecule has 0 saturated carbocycles. The summed E-state index contributed by atoms with van der Waals surface area (Å²) in [6.45, 7) is 4.99. The van der Waals surface area contributed by atoms with E-state index in [1.807, 2.05) is 38.1 Å². The summed E-state index contributed by atoms with van der Waals surface area (Å²) < 4.78 is 0. The standard InChI is InChI=1S/C15H21N3O2/c1-3-16-14(19)10-18(4-2)15(20)13-9-11-7-5-6-8-12(11)17-13/h5-8,13,17H,3-4,9-10H2,1-2H3,(H,16,19). The molecule has 1 aliphatic heterocycles. The molecule has 0 bridgehead atoms. The average molecular weight is 275 g/mol. The third-order valence-corrected chi connectivity index (χ3v) is 3.47. The van der Waals surface area contributed by atoms with Gasteiger partial charge in [-0.25, -0.2) is 0 Å². The molecule has 0 spiro atoms. The van der Waals surface area contributed by atoms with Gasteiger partial charge in [0.05, 0.1) is 6.54 Å². The van der Waals surface area contributed by atoms with Crippen LogP contribution >= 0.6 is 0 Å². The van der Waals surface area contributed by atoms with Gasteiger partial charge < -0.3 is 15.5 Å². The van der Waals surface area contributed by atoms with Gasteiger partial charge in [0.2, 0.25) is 11.8 Å². The fraction of sp³-hybridized carbons (Fsp3) is 0.467. The second-order valence-corrected chi connectivity index (χ2v) is 4.86. The van der Waals surface area contributed by atoms with Crippen molar-refractivity contribution >= 4 is 17.5 Å². The Labute approximate surface area is 119 Å². The first-order valence-electron chi connectivity index (χ1n) is 7.05. The number of rotatable bonds is 5. The second kappa shape index (κ2) is 6.41. The molecule has 0 radical (unpaired) electrons. The number of nitrogens with one attached hydrogen (secondary N) is 2. The minimum absolute atomic E-state index is 0.0186. The Morgan fingerprint density at radius 1 is 1.35 bits per heavy atom. The number of fused-ring (bicyclic) bond motifs is 1. The molecule has 1 aromatic rings. The minimum atomic E-state index is -0.262. The molecule has 0 saturated heterocycles. The van der Waals surface area contributed by atoms with Crippen LogP contribution in [-0.4, -0.2) is 42.4 Å². The number of hydrogen-bond acceptors (Lipinski definition) is 3. The summed E-state index contributed by atoms with van der Waals surface area (Å²) >= 11 is 0. The largest absolute Gasteiger partial charge is 0.373 e. The second-order valence-electron chi connectivity index (χ2n) is 4.86. The van der Waals surface area contributed by atoms with E-state index in [2.05, 4.69) is 10.6 Å². The first-order chi connectivity index (χ1) is 9.65. The van der Waals surface area contributed by atoms with Crippen LogP contribution in [0.4, 0.5) is 5.69 Å². The molecule has 2 rings (SSSR count). The number of carbonyl (C=O) groups is 2. The topological polar surface area (TPSA) is 61.4 Å². The summed E-state index contributed by atoms with van der Waals surface area (Å²) in [6.07, 6.45) is 0.681. The molecule has 2 amide bonds. The molecule has 0 aromatic heterocycles. The fourth-order valence-corrected chi connectivity index (χ4v) is 2.44. The molecule has 108 valence electrons. The molecule has 1 aromatic carbocycles. The molecular formula is C15H21N3O2. The van der Waals surface area contributed by atoms with Gasteiger partial charge in [-0.15, -0.1) is 0 Å². The molecule has 2 N–H and O–H groups in total. The monoisotopic (exact) mass is 275 g/mol. The zero-order chi connectivity index (χ0) is 14.5. The third-order valence-electron chi connectivity index (χ3n) is 3.47. The van der Waals surface area contributed by atoms with E-state index in [1.165, 1.54) is 0 Å². The van der Waals surface area contributed by atoms with Crippen LogP contribution in [0.2, 0.25) is 0 Å². The highest BCUT2D eigenvalue weighted by molar-refractivity contribution is 5.90. The highest BCUT2D eigenvalue weighted by Gasteiger charge is 2.30. The summed E-state index contributed by atoms with van der Waals surface area (Å²) in [4.78, 5) is 25.7. The minimum Gasteiger partial charge on any atom is -0.373 e. The summed E-state index contributed by atoms with van der Waals surface area (Å²) in [5.74, 6) is -0.131. The Bertz CT molecular complexity index is 477. The van der Waals surface area contributed by atoms with Crippen molar-refractivity contribution in [1.82, 2.24) is 10.2 Å². The number of likely N-dealkylation sites (N-methyl/N-ethyl adjacent to an activating group) is 2. The molecular weight excluding hydrogens is 254 g/mol. The van der Waals surface area contributed by atoms with Gasteiger partial charge in [0.25, 0.3) is 0 Å². The van der Waals surface area contributed by atoms with E-state index < -0.39 is 0 Å². The summed E-state index contributed by atoms with van der Waals surface area (Å²) in [6, 6.07) is 7.66. The van der Waals surface area contributed by atoms with E-state index in [4.69, 9.17) is 0 Å². The van der Waals surface area contributed by atoms with Gasteiger partial charge in [0, 0.05) is 25.2 Å². The molecule has 1 atom stereocenters. The molecule has 1 unspecified atom stereocenters. The lowest BCUT2D eigenvalue weighted by molar-refractivity contribution is -0.136. The lowest BCUT2D eigenvalue weighted by Crippen LogP contribution is -2.46. The lowest BCUT2D eigenvalue weighted by Gasteiger charge is -2.23. The summed E-state index contributed by atoms with van der Waals surface area (Å²) in [5, 5.41) is 5.95. The van der Waals surface area contributed by atoms with E-state index >= 15 is 0 Å². The van der Waals surface area contributed by atoms with Crippen molar-refractivity contribution in [2.75, 3.05) is 25.0 Å². The number of carbonyl (C=O) groups excluding carboxylic acids is 2. The van der Waals surface area contributed by atoms with Crippen molar-refractivity contribution in [3.63, 3.8) is 0 Å². The molecule has 5 heteroatoms. The Kier molecular flexibility index (Phi) is 4.61. The maximum absolute atomic E-state index is 12.5. The van der Waals surface area contributed by atoms with Crippen LogP contribution in [0.1, 0.15) is 19.4 Å². The van der Waals surface area contributed by atoms with Crippen LogP contribution in [0, 0.1) is 0 Å². The zero-order valence-corrected chi connectivity index (χ0v) is 12.0. The number of hydrogen-bond donors (Lipinski definition) is 2. The third kappa shape index (κ3) is 3.10. The van der Waals surface area contributed by atoms with E-state index in [0.29, 0.717) is 19.5 Å². The predicted molar refractivity (Wildman–Crippen MR) is 78.5 cm³/mol. The Hall–Kier alpha value is -2.04. The van der Waals surface area contributed by atoms with Crippen LogP contribution in [0.15, 0.2) is 24.3 Å². The van der Waals surface area contributed by atoms with Crippen LogP contribution < -0.4 is 10.6 Å². The van der Waals surface area contributed by atoms with Crippen molar-refractivity contribution < 1.29 is 9.59 Å². The highest BCUT2D eigenvalue weighted by atomic mass is 16.2. The first-order valence-corrected chi connectivity index (χ1v) is 7.05. The van der Waals surface area contributed by atoms with Gasteiger partial charge in [-0.1, -0.05) is 18.2 Å². The van der Waals surface area contributed by atoms with Crippen molar-refractivity contribution in [3.05, 3.63) is 29.8 Å². The van der Waals surface area contributed by atoms with Gasteiger partial charge in [0.15, 0.2) is 0 Å². The van der Waals surface area contributed by atoms with Gasteiger partial charge in [-0.3, -0.25) is 9.59 Å². The van der Waals surface area contributed by atoms with Gasteiger partial charge in [-0.2, -0.15) is 0 Å². The SMILES string of the molecule is CCNC(=O)CN(CC)C(=O)C1Cc2ccccc2N1. The van der Waals surface area contributed by atoms with Gasteiger partial charge >= 0.3 is 0 Å². The molecule has 0 fully saturated rings. The molecule has 20 heavy (non-hydrogen) atoms. The fourth-order valence-electron chi connectivity index (χ4n) is 2.44. The van der Waals surface area contributed by atoms with Gasteiger partial charge in [-0.05, 0) is 25.5 Å². The highest BCUT2D eigenvalue weighted by Crippen LogP contribution is 2.25. The molecule has 0 aliphatic carbocycles. The van der Waals surface area contributed by atoms with E-state index in [-0.39, 0.29) is 24.4 Å². The van der Waals surface area contributed by atoms with Crippen molar-refractivity contribution in [2.24, 2.45) is 0 Å². The van der Waals surface area contributed by atoms with Crippen molar-refractivity contribution in [3.8, 4) is 0 Å². The first kappa shape index (κ1) is 14.4. The lowest BCUT2D eigenvalue weighted by atomic mass is 10.1. The number of para-hydroxylation sites is 1. The van der Waals surface area contributed by atoms with E-state index in [9.17, 15) is 9.59 Å². The number of nitrogens with zero attached hydrogens (tertiary/aromatic N) is 1. The Balaban J connectivity index is 1.99. The maximum Gasteiger partial charge on any atom is 0.245 e. The van der Waals surface area contributed by atoms with Crippen LogP contribution in [-0.2, 0) is 16.0 Å². The number of amides is 2. The molecule has 1 heterocycles. The van der Waals surface area contributed by atoms with E-state index in [0.717, 1.165) is 11.3 Å². The normalized spacial score (nSPS) is 16.2. The number of benzene rings is 1. The maximum atomic E-state index is 12.5. The summed E-state index contributed by atoms with van der Waals surface area (Å²) in [5.41, 5.74) is 2.17. The number of anilines is 1. The predicted octanol–water partition coefficient (Wildman–Crippen LogP) is 1.01. The Morgan fingerprint density at radius 2 is 2.10 bits per heavy atom. The van der Waals surface area contributed by atoms with Crippen LogP contribution in [0.3, 0.4) is 0 Å². The summed E-state index contributed by atoms with van der Waals surface area (Å²) in [7, 11) is 0. The zero-order valence-electron chi connectivity index (χ0n) is 12.0. The molecule has 5 nitrogen and oxygen atoms in total. The quantitative estimate of drug-likeness (QED) is 0.843. The average Bonchev–Trinajstić information content (AvgIpc) is 2.88. The van der Waals surface area contributed by atoms with E-state index in [1.54, 1.807) is 4.90 Å². The molecule has 1 aliphatic rings. The van der Waals surface area contributed by atoms with Gasteiger partial charge in [0.1, 0.15) is 6.04 Å². The van der Waals surface area contributed by atoms with Crippen molar-refractivity contribution in [1.29, 1.82) is 0 Å². The smallest absolute Gasteiger partial charge is 0.245 e. The van der Waals surface area contributed by atoms with Crippen molar-refractivity contribution in [2.45, 2.75) is 26.3 Å². The van der Waals surface area contributed by atoms with Crippen LogP contribution in [0.5, 0.6) is 0 Å². The van der Waals surface area contributed by atoms with Crippen LogP contribution in [0.25, 0.3) is 0 Å². The Morgan fingerprint density at radius 3 is 2.75 bits per heavy atom.